The Morgan fingerprint density at radius 2 is 0.725 bits per heavy atom. The van der Waals surface area contributed by atoms with E-state index >= 15 is 0 Å². The molecule has 8 heteroatoms. The predicted octanol–water partition coefficient (Wildman–Crippen LogP) is 7.46. The van der Waals surface area contributed by atoms with Crippen LogP contribution in [0.2, 0.25) is 0 Å². The van der Waals surface area contributed by atoms with Crippen LogP contribution in [-0.4, -0.2) is 82.4 Å². The van der Waals surface area contributed by atoms with E-state index in [2.05, 4.69) is 131 Å². The van der Waals surface area contributed by atoms with Gasteiger partial charge in [-0.25, -0.2) is 0 Å². The Hall–Kier alpha value is -3.14. The lowest BCUT2D eigenvalue weighted by Crippen LogP contribution is -2.30. The van der Waals surface area contributed by atoms with Gasteiger partial charge in [-0.05, 0) is 118 Å². The quantitative estimate of drug-likeness (QED) is 0.0689. The number of nitrogens with zero attached hydrogens (tertiary/aromatic N) is 3. The van der Waals surface area contributed by atoms with Crippen molar-refractivity contribution < 1.29 is 15.3 Å². The third-order valence-electron chi connectivity index (χ3n) is 10.9. The molecule has 0 spiro atoms. The molecule has 0 aliphatic carbocycles. The van der Waals surface area contributed by atoms with Gasteiger partial charge in [0.25, 0.3) is 0 Å². The number of rotatable bonds is 22. The number of nitrogens with one attached hydrogen (secondary N) is 2. The molecule has 0 aromatic heterocycles. The summed E-state index contributed by atoms with van der Waals surface area (Å²) in [6, 6.07) is 13.1. The van der Waals surface area contributed by atoms with Crippen LogP contribution in [0.15, 0.2) is 36.4 Å². The smallest absolute Gasteiger partial charge is 0.124 e. The van der Waals surface area contributed by atoms with Gasteiger partial charge in [0.15, 0.2) is 0 Å². The summed E-state index contributed by atoms with van der Waals surface area (Å²) in [5.41, 5.74) is 7.93. The first kappa shape index (κ1) is 42.3. The lowest BCUT2D eigenvalue weighted by molar-refractivity contribution is 0.281. The van der Waals surface area contributed by atoms with Crippen LogP contribution in [-0.2, 0) is 44.6 Å². The maximum atomic E-state index is 11.9. The number of aryl methyl sites for hydroxylation is 1. The van der Waals surface area contributed by atoms with Crippen LogP contribution < -0.4 is 10.6 Å². The largest absolute Gasteiger partial charge is 0.507 e. The van der Waals surface area contributed by atoms with E-state index in [1.807, 2.05) is 0 Å². The van der Waals surface area contributed by atoms with E-state index in [0.29, 0.717) is 56.4 Å². The molecule has 0 amide bonds. The number of hydrogen-bond donors (Lipinski definition) is 5. The van der Waals surface area contributed by atoms with Crippen molar-refractivity contribution >= 4 is 0 Å². The first-order valence-electron chi connectivity index (χ1n) is 19.6. The summed E-state index contributed by atoms with van der Waals surface area (Å²) < 4.78 is 0. The Balaban J connectivity index is 2.55. The lowest BCUT2D eigenvalue weighted by Gasteiger charge is -2.36. The maximum Gasteiger partial charge on any atom is 0.124 e. The van der Waals surface area contributed by atoms with Crippen molar-refractivity contribution in [3.8, 4) is 17.2 Å². The minimum Gasteiger partial charge on any atom is -0.507 e. The number of phenols is 3. The first-order valence-corrected chi connectivity index (χ1v) is 19.6. The van der Waals surface area contributed by atoms with E-state index in [-0.39, 0.29) is 0 Å². The fraction of sp³-hybridized carbons (Fsp3) is 0.581. The van der Waals surface area contributed by atoms with E-state index in [4.69, 9.17) is 0 Å². The van der Waals surface area contributed by atoms with Gasteiger partial charge in [0.2, 0.25) is 0 Å². The molecule has 0 unspecified atom stereocenters. The van der Waals surface area contributed by atoms with E-state index in [1.54, 1.807) is 0 Å². The second-order valence-electron chi connectivity index (χ2n) is 13.9. The zero-order valence-electron chi connectivity index (χ0n) is 33.5. The van der Waals surface area contributed by atoms with Gasteiger partial charge in [0.05, 0.1) is 0 Å². The van der Waals surface area contributed by atoms with Crippen molar-refractivity contribution in [3.63, 3.8) is 0 Å². The number of aromatic hydroxyl groups is 3. The van der Waals surface area contributed by atoms with Crippen molar-refractivity contribution in [2.45, 2.75) is 114 Å². The summed E-state index contributed by atoms with van der Waals surface area (Å²) >= 11 is 0. The van der Waals surface area contributed by atoms with Crippen LogP contribution in [0.3, 0.4) is 0 Å². The molecule has 0 bridgehead atoms. The Labute approximate surface area is 309 Å². The molecule has 0 aliphatic heterocycles. The van der Waals surface area contributed by atoms with E-state index in [0.717, 1.165) is 102 Å². The Morgan fingerprint density at radius 1 is 0.451 bits per heavy atom. The van der Waals surface area contributed by atoms with Gasteiger partial charge in [0.1, 0.15) is 17.2 Å². The molecule has 3 aromatic carbocycles. The normalized spacial score (nSPS) is 13.1. The summed E-state index contributed by atoms with van der Waals surface area (Å²) in [6.45, 7) is 31.5. The summed E-state index contributed by atoms with van der Waals surface area (Å²) in [5.74, 6) is 1.06. The zero-order chi connectivity index (χ0) is 37.7. The Morgan fingerprint density at radius 3 is 1.02 bits per heavy atom. The van der Waals surface area contributed by atoms with Crippen LogP contribution >= 0.6 is 0 Å². The highest BCUT2D eigenvalue weighted by molar-refractivity contribution is 5.60. The average molecular weight is 704 g/mol. The third-order valence-corrected chi connectivity index (χ3v) is 10.9. The molecule has 284 valence electrons. The van der Waals surface area contributed by atoms with Crippen LogP contribution in [0.1, 0.15) is 119 Å². The van der Waals surface area contributed by atoms with Crippen LogP contribution in [0.5, 0.6) is 17.2 Å². The molecule has 8 nitrogen and oxygen atoms in total. The van der Waals surface area contributed by atoms with Gasteiger partial charge < -0.3 is 26.0 Å². The van der Waals surface area contributed by atoms with Crippen molar-refractivity contribution in [2.24, 2.45) is 0 Å². The maximum absolute atomic E-state index is 11.9. The minimum absolute atomic E-state index is 0.320. The Bertz CT molecular complexity index is 1460. The number of hydrogen-bond acceptors (Lipinski definition) is 8. The average Bonchev–Trinajstić information content (AvgIpc) is 3.15. The summed E-state index contributed by atoms with van der Waals surface area (Å²) in [6.07, 6.45) is 0.698. The molecule has 5 N–H and O–H groups in total. The molecule has 0 heterocycles. The fourth-order valence-corrected chi connectivity index (χ4v) is 7.13. The molecule has 3 rings (SSSR count). The first-order chi connectivity index (χ1) is 24.5. The number of phenolic OH excluding ortho intramolecular Hbond substituents is 3. The van der Waals surface area contributed by atoms with Crippen LogP contribution in [0.25, 0.3) is 0 Å². The molecule has 3 aromatic rings. The van der Waals surface area contributed by atoms with Gasteiger partial charge >= 0.3 is 0 Å². The van der Waals surface area contributed by atoms with Gasteiger partial charge in [0, 0.05) is 66.0 Å². The monoisotopic (exact) mass is 704 g/mol. The molecular formula is C43H69N5O3. The standard InChI is InChI=1S/C43H69N5O3/c1-11-31-20-37(23-34(40(31)49)28-46(14-4)15-5)43(10,38-21-32(26-44-12-2)41(50)33(22-38)27-45-13-3)39-24-35(29-47(16-6)17-7)42(51)36(25-39)30-48(18-8)19-9/h20-25,44-45,49-51H,11-19,26-30H2,1-10H3/t43-/m0/s1. The fourth-order valence-electron chi connectivity index (χ4n) is 7.13. The molecule has 0 saturated heterocycles. The lowest BCUT2D eigenvalue weighted by atomic mass is 9.68. The number of benzene rings is 3. The van der Waals surface area contributed by atoms with Gasteiger partial charge in [-0.15, -0.1) is 0 Å². The van der Waals surface area contributed by atoms with Crippen LogP contribution in [0.4, 0.5) is 0 Å². The summed E-state index contributed by atoms with van der Waals surface area (Å²) in [5, 5.41) is 41.9. The predicted molar refractivity (Wildman–Crippen MR) is 214 cm³/mol. The molecular weight excluding hydrogens is 635 g/mol. The van der Waals surface area contributed by atoms with Gasteiger partial charge in [-0.1, -0.05) is 68.4 Å². The third kappa shape index (κ3) is 10.1. The minimum atomic E-state index is -0.699. The molecule has 0 fully saturated rings. The highest BCUT2D eigenvalue weighted by Gasteiger charge is 2.35. The summed E-state index contributed by atoms with van der Waals surface area (Å²) in [7, 11) is 0. The van der Waals surface area contributed by atoms with Crippen molar-refractivity contribution in [3.05, 3.63) is 86.5 Å². The molecule has 0 aliphatic rings. The molecule has 0 saturated carbocycles. The SMILES string of the molecule is CCNCc1cc([C@](C)(c2cc(CC)c(O)c(CN(CC)CC)c2)c2cc(CN(CC)CC)c(O)c(CN(CC)CC)c2)cc(CNCC)c1O. The van der Waals surface area contributed by atoms with Crippen molar-refractivity contribution in [2.75, 3.05) is 52.4 Å². The summed E-state index contributed by atoms with van der Waals surface area (Å²) in [4.78, 5) is 7.03. The van der Waals surface area contributed by atoms with Gasteiger partial charge in [-0.3, -0.25) is 14.7 Å². The van der Waals surface area contributed by atoms with Crippen molar-refractivity contribution in [1.82, 2.24) is 25.3 Å². The molecule has 51 heavy (non-hydrogen) atoms. The van der Waals surface area contributed by atoms with E-state index in [9.17, 15) is 15.3 Å². The molecule has 0 radical (unpaired) electrons. The highest BCUT2D eigenvalue weighted by atomic mass is 16.3. The zero-order valence-corrected chi connectivity index (χ0v) is 33.5. The van der Waals surface area contributed by atoms with E-state index in [1.165, 1.54) is 0 Å². The van der Waals surface area contributed by atoms with Gasteiger partial charge in [-0.2, -0.15) is 0 Å². The topological polar surface area (TPSA) is 94.5 Å². The van der Waals surface area contributed by atoms with Crippen molar-refractivity contribution in [1.29, 1.82) is 0 Å². The Kier molecular flexibility index (Phi) is 16.7. The second kappa shape index (κ2) is 20.2. The second-order valence-corrected chi connectivity index (χ2v) is 13.9. The van der Waals surface area contributed by atoms with Crippen LogP contribution in [0, 0.1) is 0 Å². The highest BCUT2D eigenvalue weighted by Crippen LogP contribution is 2.45. The molecule has 1 atom stereocenters. The van der Waals surface area contributed by atoms with E-state index < -0.39 is 5.41 Å².